The van der Waals surface area contributed by atoms with Gasteiger partial charge < -0.3 is 19.8 Å². The van der Waals surface area contributed by atoms with Crippen LogP contribution in [-0.4, -0.2) is 21.2 Å². The molecule has 0 atom stereocenters. The number of rotatable bonds is 8. The van der Waals surface area contributed by atoms with Crippen molar-refractivity contribution in [3.05, 3.63) is 95.4 Å². The summed E-state index contributed by atoms with van der Waals surface area (Å²) in [6.45, 7) is 2.75. The Morgan fingerprint density at radius 2 is 1.91 bits per heavy atom. The van der Waals surface area contributed by atoms with Gasteiger partial charge in [0.1, 0.15) is 18.0 Å². The monoisotopic (exact) mass is 454 g/mol. The van der Waals surface area contributed by atoms with E-state index in [4.69, 9.17) is 4.74 Å². The largest absolute Gasteiger partial charge is 0.487 e. The summed E-state index contributed by atoms with van der Waals surface area (Å²) in [5.74, 6) is 0.720. The zero-order chi connectivity index (χ0) is 23.5. The SMILES string of the molecule is Cc1cccn2cc(COc3ccc(C(=O)NCc4cccc(NC(=O)C5CC5)c4)cc3)nc12. The second-order valence-electron chi connectivity index (χ2n) is 8.61. The van der Waals surface area contributed by atoms with Crippen molar-refractivity contribution >= 4 is 23.1 Å². The third kappa shape index (κ3) is 5.09. The van der Waals surface area contributed by atoms with Gasteiger partial charge in [-0.15, -0.1) is 0 Å². The number of carbonyl (C=O) groups excluding carboxylic acids is 2. The minimum Gasteiger partial charge on any atom is -0.487 e. The summed E-state index contributed by atoms with van der Waals surface area (Å²) in [5.41, 5.74) is 5.10. The molecule has 4 aromatic rings. The van der Waals surface area contributed by atoms with Crippen molar-refractivity contribution in [2.45, 2.75) is 32.9 Å². The number of benzene rings is 2. The lowest BCUT2D eigenvalue weighted by Gasteiger charge is -2.09. The van der Waals surface area contributed by atoms with Gasteiger partial charge in [-0.25, -0.2) is 4.98 Å². The van der Waals surface area contributed by atoms with Gasteiger partial charge >= 0.3 is 0 Å². The van der Waals surface area contributed by atoms with Crippen molar-refractivity contribution in [2.24, 2.45) is 5.92 Å². The Bertz CT molecular complexity index is 1340. The van der Waals surface area contributed by atoms with Gasteiger partial charge in [0, 0.05) is 36.1 Å². The number of nitrogens with zero attached hydrogens (tertiary/aromatic N) is 2. The Morgan fingerprint density at radius 1 is 1.09 bits per heavy atom. The van der Waals surface area contributed by atoms with Crippen LogP contribution >= 0.6 is 0 Å². The van der Waals surface area contributed by atoms with Gasteiger partial charge in [-0.3, -0.25) is 9.59 Å². The number of ether oxygens (including phenoxy) is 1. The fourth-order valence-corrected chi connectivity index (χ4v) is 3.77. The molecule has 172 valence electrons. The lowest BCUT2D eigenvalue weighted by atomic mass is 10.1. The lowest BCUT2D eigenvalue weighted by Crippen LogP contribution is -2.22. The fraction of sp³-hybridized carbons (Fsp3) is 0.222. The number of aryl methyl sites for hydroxylation is 1. The normalized spacial score (nSPS) is 13.0. The predicted molar refractivity (Wildman–Crippen MR) is 130 cm³/mol. The number of anilines is 1. The quantitative estimate of drug-likeness (QED) is 0.411. The van der Waals surface area contributed by atoms with Gasteiger partial charge in [-0.05, 0) is 73.4 Å². The number of hydrogen-bond donors (Lipinski definition) is 2. The summed E-state index contributed by atoms with van der Waals surface area (Å²) in [4.78, 5) is 29.1. The van der Waals surface area contributed by atoms with Crippen molar-refractivity contribution in [1.29, 1.82) is 0 Å². The zero-order valence-corrected chi connectivity index (χ0v) is 19.0. The third-order valence-electron chi connectivity index (χ3n) is 5.83. The second kappa shape index (κ2) is 9.39. The summed E-state index contributed by atoms with van der Waals surface area (Å²) in [5, 5.41) is 5.86. The van der Waals surface area contributed by atoms with Crippen molar-refractivity contribution in [2.75, 3.05) is 5.32 Å². The van der Waals surface area contributed by atoms with Crippen molar-refractivity contribution in [3.63, 3.8) is 0 Å². The highest BCUT2D eigenvalue weighted by molar-refractivity contribution is 5.95. The second-order valence-corrected chi connectivity index (χ2v) is 8.61. The van der Waals surface area contributed by atoms with Crippen molar-refractivity contribution < 1.29 is 14.3 Å². The van der Waals surface area contributed by atoms with E-state index in [1.807, 2.05) is 60.1 Å². The molecule has 2 aromatic heterocycles. The van der Waals surface area contributed by atoms with Gasteiger partial charge in [0.2, 0.25) is 5.91 Å². The molecule has 2 aromatic carbocycles. The summed E-state index contributed by atoms with van der Waals surface area (Å²) in [6.07, 6.45) is 5.85. The molecule has 0 aliphatic heterocycles. The van der Waals surface area contributed by atoms with Crippen LogP contribution in [0.2, 0.25) is 0 Å². The molecule has 2 N–H and O–H groups in total. The lowest BCUT2D eigenvalue weighted by molar-refractivity contribution is -0.117. The standard InChI is InChI=1S/C27H26N4O3/c1-18-4-3-13-31-16-23(29-25(18)31)17-34-24-11-9-20(10-12-24)26(32)28-15-19-5-2-6-22(14-19)30-27(33)21-7-8-21/h2-6,9-14,16,21H,7-8,15,17H2,1H3,(H,28,32)(H,30,33). The number of imidazole rings is 1. The van der Waals surface area contributed by atoms with E-state index >= 15 is 0 Å². The van der Waals surface area contributed by atoms with E-state index in [0.717, 1.165) is 41.0 Å². The number of carbonyl (C=O) groups is 2. The first-order valence-electron chi connectivity index (χ1n) is 11.4. The Hall–Kier alpha value is -4.13. The van der Waals surface area contributed by atoms with E-state index in [0.29, 0.717) is 24.5 Å². The molecule has 1 aliphatic rings. The van der Waals surface area contributed by atoms with Crippen molar-refractivity contribution in [1.82, 2.24) is 14.7 Å². The fourth-order valence-electron chi connectivity index (χ4n) is 3.77. The molecule has 0 spiro atoms. The molecule has 0 bridgehead atoms. The Morgan fingerprint density at radius 3 is 2.68 bits per heavy atom. The summed E-state index contributed by atoms with van der Waals surface area (Å²) in [6, 6.07) is 18.6. The van der Waals surface area contributed by atoms with Crippen LogP contribution in [0.25, 0.3) is 5.65 Å². The van der Waals surface area contributed by atoms with E-state index in [2.05, 4.69) is 15.6 Å². The number of pyridine rings is 1. The predicted octanol–water partition coefficient (Wildman–Crippen LogP) is 4.50. The smallest absolute Gasteiger partial charge is 0.251 e. The first kappa shape index (κ1) is 21.7. The Labute approximate surface area is 197 Å². The number of nitrogens with one attached hydrogen (secondary N) is 2. The van der Waals surface area contributed by atoms with Gasteiger partial charge in [0.25, 0.3) is 5.91 Å². The van der Waals surface area contributed by atoms with E-state index in [-0.39, 0.29) is 17.7 Å². The summed E-state index contributed by atoms with van der Waals surface area (Å²) in [7, 11) is 0. The minimum absolute atomic E-state index is 0.0693. The van der Waals surface area contributed by atoms with Crippen molar-refractivity contribution in [3.8, 4) is 5.75 Å². The average molecular weight is 455 g/mol. The molecule has 7 nitrogen and oxygen atoms in total. The Kier molecular flexibility index (Phi) is 5.99. The van der Waals surface area contributed by atoms with E-state index < -0.39 is 0 Å². The number of aromatic nitrogens is 2. The third-order valence-corrected chi connectivity index (χ3v) is 5.83. The maximum absolute atomic E-state index is 12.6. The molecule has 34 heavy (non-hydrogen) atoms. The van der Waals surface area contributed by atoms with Crippen LogP contribution in [-0.2, 0) is 17.9 Å². The van der Waals surface area contributed by atoms with Gasteiger partial charge in [-0.2, -0.15) is 0 Å². The molecule has 7 heteroatoms. The van der Waals surface area contributed by atoms with Crippen LogP contribution in [0.4, 0.5) is 5.69 Å². The van der Waals surface area contributed by atoms with E-state index in [9.17, 15) is 9.59 Å². The molecular formula is C27H26N4O3. The highest BCUT2D eigenvalue weighted by Crippen LogP contribution is 2.30. The Balaban J connectivity index is 1.14. The highest BCUT2D eigenvalue weighted by atomic mass is 16.5. The summed E-state index contributed by atoms with van der Waals surface area (Å²) < 4.78 is 7.83. The molecule has 2 amide bonds. The molecule has 0 radical (unpaired) electrons. The van der Waals surface area contributed by atoms with Crippen LogP contribution in [0.5, 0.6) is 5.75 Å². The molecule has 1 saturated carbocycles. The van der Waals surface area contributed by atoms with Crippen LogP contribution in [0.1, 0.15) is 40.0 Å². The first-order chi connectivity index (χ1) is 16.5. The van der Waals surface area contributed by atoms with Gasteiger partial charge in [0.05, 0.1) is 5.69 Å². The van der Waals surface area contributed by atoms with E-state index in [1.54, 1.807) is 24.3 Å². The maximum atomic E-state index is 12.6. The number of fused-ring (bicyclic) bond motifs is 1. The number of amides is 2. The molecule has 1 aliphatic carbocycles. The molecular weight excluding hydrogens is 428 g/mol. The summed E-state index contributed by atoms with van der Waals surface area (Å²) >= 11 is 0. The molecule has 2 heterocycles. The molecule has 0 saturated heterocycles. The van der Waals surface area contributed by atoms with Gasteiger partial charge in [0.15, 0.2) is 0 Å². The maximum Gasteiger partial charge on any atom is 0.251 e. The molecule has 1 fully saturated rings. The minimum atomic E-state index is -0.171. The van der Waals surface area contributed by atoms with Crippen LogP contribution in [0.15, 0.2) is 73.1 Å². The number of hydrogen-bond acceptors (Lipinski definition) is 4. The zero-order valence-electron chi connectivity index (χ0n) is 19.0. The molecule has 5 rings (SSSR count). The van der Waals surface area contributed by atoms with E-state index in [1.165, 1.54) is 0 Å². The first-order valence-corrected chi connectivity index (χ1v) is 11.4. The van der Waals surface area contributed by atoms with Crippen LogP contribution in [0, 0.1) is 12.8 Å². The average Bonchev–Trinajstić information content (AvgIpc) is 3.62. The molecule has 0 unspecified atom stereocenters. The van der Waals surface area contributed by atoms with Crippen LogP contribution < -0.4 is 15.4 Å². The highest BCUT2D eigenvalue weighted by Gasteiger charge is 2.29. The van der Waals surface area contributed by atoms with Crippen LogP contribution in [0.3, 0.4) is 0 Å². The topological polar surface area (TPSA) is 84.7 Å². The van der Waals surface area contributed by atoms with Gasteiger partial charge in [-0.1, -0.05) is 18.2 Å².